The number of carboxylic acid groups (broad SMARTS) is 1. The zero-order chi connectivity index (χ0) is 17.8. The molecule has 25 heavy (non-hydrogen) atoms. The summed E-state index contributed by atoms with van der Waals surface area (Å²) >= 11 is 0. The summed E-state index contributed by atoms with van der Waals surface area (Å²) < 4.78 is 13.1. The number of carboxylic acids is 1. The lowest BCUT2D eigenvalue weighted by Crippen LogP contribution is -2.30. The van der Waals surface area contributed by atoms with Crippen molar-refractivity contribution in [3.63, 3.8) is 0 Å². The van der Waals surface area contributed by atoms with Gasteiger partial charge in [0.05, 0.1) is 5.92 Å². The summed E-state index contributed by atoms with van der Waals surface area (Å²) in [5.41, 5.74) is 1.28. The van der Waals surface area contributed by atoms with Crippen LogP contribution in [-0.2, 0) is 4.79 Å². The van der Waals surface area contributed by atoms with Gasteiger partial charge in [0.1, 0.15) is 5.82 Å². The maximum Gasteiger partial charge on any atom is 0.310 e. The van der Waals surface area contributed by atoms with Crippen molar-refractivity contribution in [1.82, 2.24) is 0 Å². The number of halogens is 1. The van der Waals surface area contributed by atoms with Crippen LogP contribution >= 0.6 is 0 Å². The van der Waals surface area contributed by atoms with Crippen LogP contribution in [-0.4, -0.2) is 11.1 Å². The van der Waals surface area contributed by atoms with Crippen LogP contribution in [0.25, 0.3) is 0 Å². The standard InChI is InChI=1S/C22H29FO2/c1-2-21(22(24)25)19-9-7-17(8-10-19)15-3-5-16(6-4-15)18-11-13-20(23)14-12-18/h2,11-17,19,21H,1,3-10H2,(H,24,25)/t15-,16-,17?,19?,21?. The van der Waals surface area contributed by atoms with Crippen LogP contribution in [0.5, 0.6) is 0 Å². The van der Waals surface area contributed by atoms with Crippen LogP contribution in [0.2, 0.25) is 0 Å². The van der Waals surface area contributed by atoms with E-state index in [4.69, 9.17) is 0 Å². The van der Waals surface area contributed by atoms with Crippen molar-refractivity contribution < 1.29 is 14.3 Å². The molecule has 0 radical (unpaired) electrons. The topological polar surface area (TPSA) is 37.3 Å². The van der Waals surface area contributed by atoms with Crippen molar-refractivity contribution in [2.75, 3.05) is 0 Å². The first-order valence-electron chi connectivity index (χ1n) is 9.69. The molecule has 0 saturated heterocycles. The third-order valence-electron chi connectivity index (χ3n) is 6.64. The normalized spacial score (nSPS) is 31.2. The predicted octanol–water partition coefficient (Wildman–Crippen LogP) is 5.79. The Morgan fingerprint density at radius 3 is 2.00 bits per heavy atom. The van der Waals surface area contributed by atoms with Gasteiger partial charge in [-0.15, -0.1) is 6.58 Å². The highest BCUT2D eigenvalue weighted by molar-refractivity contribution is 5.72. The van der Waals surface area contributed by atoms with Crippen molar-refractivity contribution in [2.24, 2.45) is 23.7 Å². The van der Waals surface area contributed by atoms with Crippen molar-refractivity contribution in [3.05, 3.63) is 48.3 Å². The molecule has 0 aliphatic heterocycles. The Balaban J connectivity index is 1.48. The molecule has 0 aromatic heterocycles. The minimum Gasteiger partial charge on any atom is -0.481 e. The van der Waals surface area contributed by atoms with Crippen LogP contribution in [0.15, 0.2) is 36.9 Å². The summed E-state index contributed by atoms with van der Waals surface area (Å²) in [7, 11) is 0. The van der Waals surface area contributed by atoms with Gasteiger partial charge < -0.3 is 5.11 Å². The lowest BCUT2D eigenvalue weighted by molar-refractivity contribution is -0.142. The lowest BCUT2D eigenvalue weighted by Gasteiger charge is -2.38. The van der Waals surface area contributed by atoms with Crippen molar-refractivity contribution in [1.29, 1.82) is 0 Å². The van der Waals surface area contributed by atoms with Crippen LogP contribution < -0.4 is 0 Å². The number of hydrogen-bond acceptors (Lipinski definition) is 1. The summed E-state index contributed by atoms with van der Waals surface area (Å²) in [5, 5.41) is 9.30. The Bertz CT molecular complexity index is 579. The maximum atomic E-state index is 13.1. The molecule has 1 unspecified atom stereocenters. The fourth-order valence-corrected chi connectivity index (χ4v) is 5.13. The smallest absolute Gasteiger partial charge is 0.310 e. The Labute approximate surface area is 150 Å². The number of benzene rings is 1. The summed E-state index contributed by atoms with van der Waals surface area (Å²) in [4.78, 5) is 11.3. The molecule has 1 atom stereocenters. The zero-order valence-corrected chi connectivity index (χ0v) is 14.9. The molecule has 1 aromatic rings. The molecule has 0 bridgehead atoms. The van der Waals surface area contributed by atoms with E-state index in [0.717, 1.165) is 37.5 Å². The van der Waals surface area contributed by atoms with Gasteiger partial charge in [0.2, 0.25) is 0 Å². The van der Waals surface area contributed by atoms with E-state index in [1.165, 1.54) is 31.2 Å². The number of aliphatic carboxylic acids is 1. The van der Waals surface area contributed by atoms with E-state index in [1.807, 2.05) is 12.1 Å². The minimum atomic E-state index is -0.724. The van der Waals surface area contributed by atoms with Gasteiger partial charge >= 0.3 is 5.97 Å². The first-order chi connectivity index (χ1) is 12.1. The summed E-state index contributed by atoms with van der Waals surface area (Å²) in [5.74, 6) is 1.11. The van der Waals surface area contributed by atoms with Gasteiger partial charge in [0.15, 0.2) is 0 Å². The Morgan fingerprint density at radius 1 is 1.00 bits per heavy atom. The second kappa shape index (κ2) is 8.16. The van der Waals surface area contributed by atoms with Gasteiger partial charge in [0.25, 0.3) is 0 Å². The molecule has 3 heteroatoms. The average Bonchev–Trinajstić information content (AvgIpc) is 2.63. The van der Waals surface area contributed by atoms with E-state index in [-0.39, 0.29) is 17.7 Å². The Hall–Kier alpha value is -1.64. The molecule has 2 aliphatic rings. The highest BCUT2D eigenvalue weighted by Gasteiger charge is 2.34. The van der Waals surface area contributed by atoms with E-state index in [0.29, 0.717) is 5.92 Å². The number of hydrogen-bond donors (Lipinski definition) is 1. The largest absolute Gasteiger partial charge is 0.481 e. The zero-order valence-electron chi connectivity index (χ0n) is 14.9. The van der Waals surface area contributed by atoms with Gasteiger partial charge in [-0.1, -0.05) is 18.2 Å². The van der Waals surface area contributed by atoms with Gasteiger partial charge in [0, 0.05) is 0 Å². The van der Waals surface area contributed by atoms with Crippen molar-refractivity contribution in [2.45, 2.75) is 57.3 Å². The van der Waals surface area contributed by atoms with Gasteiger partial charge in [-0.3, -0.25) is 4.79 Å². The fraction of sp³-hybridized carbons (Fsp3) is 0.591. The number of carbonyl (C=O) groups is 1. The molecule has 0 heterocycles. The maximum absolute atomic E-state index is 13.1. The second-order valence-electron chi connectivity index (χ2n) is 7.94. The third-order valence-corrected chi connectivity index (χ3v) is 6.64. The third kappa shape index (κ3) is 4.31. The minimum absolute atomic E-state index is 0.159. The van der Waals surface area contributed by atoms with Gasteiger partial charge in [-0.25, -0.2) is 4.39 Å². The Morgan fingerprint density at radius 2 is 1.52 bits per heavy atom. The highest BCUT2D eigenvalue weighted by atomic mass is 19.1. The molecule has 2 saturated carbocycles. The molecule has 1 aromatic carbocycles. The summed E-state index contributed by atoms with van der Waals surface area (Å²) in [6, 6.07) is 7.02. The molecule has 3 rings (SSSR count). The fourth-order valence-electron chi connectivity index (χ4n) is 5.13. The second-order valence-corrected chi connectivity index (χ2v) is 7.94. The molecule has 0 spiro atoms. The molecule has 136 valence electrons. The predicted molar refractivity (Wildman–Crippen MR) is 97.9 cm³/mol. The first kappa shape index (κ1) is 18.2. The lowest BCUT2D eigenvalue weighted by atomic mass is 9.67. The molecule has 0 amide bonds. The van der Waals surface area contributed by atoms with E-state index >= 15 is 0 Å². The van der Waals surface area contributed by atoms with Crippen molar-refractivity contribution >= 4 is 5.97 Å². The summed E-state index contributed by atoms with van der Waals surface area (Å²) in [6.45, 7) is 3.70. The van der Waals surface area contributed by atoms with Crippen LogP contribution in [0.4, 0.5) is 4.39 Å². The van der Waals surface area contributed by atoms with Gasteiger partial charge in [-0.05, 0) is 92.7 Å². The molecule has 2 aliphatic carbocycles. The van der Waals surface area contributed by atoms with Crippen LogP contribution in [0.3, 0.4) is 0 Å². The average molecular weight is 344 g/mol. The van der Waals surface area contributed by atoms with E-state index < -0.39 is 5.97 Å². The van der Waals surface area contributed by atoms with Gasteiger partial charge in [-0.2, -0.15) is 0 Å². The molecular formula is C22H29FO2. The molecule has 2 fully saturated rings. The number of rotatable bonds is 5. The monoisotopic (exact) mass is 344 g/mol. The van der Waals surface area contributed by atoms with Crippen molar-refractivity contribution in [3.8, 4) is 0 Å². The quantitative estimate of drug-likeness (QED) is 0.686. The van der Waals surface area contributed by atoms with E-state index in [2.05, 4.69) is 6.58 Å². The molecular weight excluding hydrogens is 315 g/mol. The SMILES string of the molecule is C=CC(C(=O)O)C1CCC([C@H]2CC[C@H](c3ccc(F)cc3)CC2)CC1. The first-order valence-corrected chi connectivity index (χ1v) is 9.69. The molecule has 1 N–H and O–H groups in total. The van der Waals surface area contributed by atoms with E-state index in [9.17, 15) is 14.3 Å². The van der Waals surface area contributed by atoms with E-state index in [1.54, 1.807) is 18.2 Å². The molecule has 2 nitrogen and oxygen atoms in total. The Kier molecular flexibility index (Phi) is 5.93. The van der Waals surface area contributed by atoms with Crippen LogP contribution in [0, 0.1) is 29.5 Å². The highest BCUT2D eigenvalue weighted by Crippen LogP contribution is 2.45. The van der Waals surface area contributed by atoms with Crippen LogP contribution in [0.1, 0.15) is 62.8 Å². The summed E-state index contributed by atoms with van der Waals surface area (Å²) in [6.07, 6.45) is 10.9.